The third-order valence-corrected chi connectivity index (χ3v) is 3.99. The Morgan fingerprint density at radius 1 is 1.24 bits per heavy atom. The van der Waals surface area contributed by atoms with Gasteiger partial charge >= 0.3 is 5.97 Å². The molecule has 0 spiro atoms. The normalized spacial score (nSPS) is 14.5. The van der Waals surface area contributed by atoms with Crippen molar-refractivity contribution >= 4 is 17.7 Å². The molecule has 2 aromatic rings. The molecule has 3 rings (SSSR count). The lowest BCUT2D eigenvalue weighted by Crippen LogP contribution is -2.49. The van der Waals surface area contributed by atoms with E-state index in [-0.39, 0.29) is 17.6 Å². The first-order valence-corrected chi connectivity index (χ1v) is 8.19. The molecule has 0 atom stereocenters. The van der Waals surface area contributed by atoms with Crippen LogP contribution in [0.5, 0.6) is 0 Å². The smallest absolute Gasteiger partial charge is 0.339 e. The minimum absolute atomic E-state index is 0.147. The number of rotatable bonds is 4. The van der Waals surface area contributed by atoms with Gasteiger partial charge in [-0.1, -0.05) is 5.16 Å². The topological polar surface area (TPSA) is 88.8 Å². The summed E-state index contributed by atoms with van der Waals surface area (Å²) in [5, 5.41) is 3.75. The van der Waals surface area contributed by atoms with Gasteiger partial charge in [-0.25, -0.2) is 9.78 Å². The van der Waals surface area contributed by atoms with Gasteiger partial charge in [0.15, 0.2) is 0 Å². The van der Waals surface area contributed by atoms with E-state index in [1.54, 1.807) is 36.9 Å². The van der Waals surface area contributed by atoms with E-state index in [0.717, 1.165) is 5.82 Å². The molecule has 132 valence electrons. The molecule has 1 saturated heterocycles. The third-order valence-electron chi connectivity index (χ3n) is 3.99. The van der Waals surface area contributed by atoms with Crippen LogP contribution in [0.3, 0.4) is 0 Å². The van der Waals surface area contributed by atoms with Crippen LogP contribution in [0.2, 0.25) is 0 Å². The molecule has 2 aromatic heterocycles. The second-order valence-corrected chi connectivity index (χ2v) is 5.74. The standard InChI is InChI=1S/C17H20N4O4/c1-3-24-17(23)13-4-5-15(18-11-13)20-6-8-21(9-7-20)16(22)14-10-12(2)19-25-14/h4-5,10-11H,3,6-9H2,1-2H3. The Hall–Kier alpha value is -2.90. The first kappa shape index (κ1) is 16.9. The number of aryl methyl sites for hydroxylation is 1. The molecule has 1 aliphatic heterocycles. The van der Waals surface area contributed by atoms with Crippen LogP contribution in [-0.2, 0) is 4.74 Å². The van der Waals surface area contributed by atoms with E-state index in [0.29, 0.717) is 44.0 Å². The number of hydrogen-bond donors (Lipinski definition) is 0. The Labute approximate surface area is 145 Å². The number of ether oxygens (including phenoxy) is 1. The molecule has 8 nitrogen and oxygen atoms in total. The van der Waals surface area contributed by atoms with Crippen molar-refractivity contribution in [2.45, 2.75) is 13.8 Å². The Balaban J connectivity index is 1.58. The Morgan fingerprint density at radius 3 is 2.56 bits per heavy atom. The first-order chi connectivity index (χ1) is 12.1. The lowest BCUT2D eigenvalue weighted by molar-refractivity contribution is 0.0525. The quantitative estimate of drug-likeness (QED) is 0.777. The highest BCUT2D eigenvalue weighted by atomic mass is 16.5. The van der Waals surface area contributed by atoms with E-state index in [1.807, 2.05) is 0 Å². The molecule has 1 amide bonds. The molecule has 25 heavy (non-hydrogen) atoms. The van der Waals surface area contributed by atoms with Crippen molar-refractivity contribution in [2.75, 3.05) is 37.7 Å². The van der Waals surface area contributed by atoms with Crippen LogP contribution in [0, 0.1) is 6.92 Å². The van der Waals surface area contributed by atoms with Crippen molar-refractivity contribution in [3.63, 3.8) is 0 Å². The zero-order valence-corrected chi connectivity index (χ0v) is 14.3. The van der Waals surface area contributed by atoms with E-state index < -0.39 is 0 Å². The maximum atomic E-state index is 12.3. The van der Waals surface area contributed by atoms with Crippen LogP contribution in [-0.4, -0.2) is 59.7 Å². The average Bonchev–Trinajstić information content (AvgIpc) is 3.08. The van der Waals surface area contributed by atoms with Crippen molar-refractivity contribution in [3.05, 3.63) is 41.4 Å². The van der Waals surface area contributed by atoms with E-state index in [2.05, 4.69) is 15.0 Å². The molecular weight excluding hydrogens is 324 g/mol. The van der Waals surface area contributed by atoms with Gasteiger partial charge < -0.3 is 19.1 Å². The lowest BCUT2D eigenvalue weighted by atomic mass is 10.2. The Kier molecular flexibility index (Phi) is 4.97. The predicted octanol–water partition coefficient (Wildman–Crippen LogP) is 1.52. The predicted molar refractivity (Wildman–Crippen MR) is 89.6 cm³/mol. The summed E-state index contributed by atoms with van der Waals surface area (Å²) in [5.41, 5.74) is 1.12. The van der Waals surface area contributed by atoms with Crippen molar-refractivity contribution in [1.82, 2.24) is 15.0 Å². The zero-order chi connectivity index (χ0) is 17.8. The van der Waals surface area contributed by atoms with Crippen molar-refractivity contribution in [1.29, 1.82) is 0 Å². The van der Waals surface area contributed by atoms with Gasteiger partial charge in [-0.2, -0.15) is 0 Å². The van der Waals surface area contributed by atoms with Crippen LogP contribution >= 0.6 is 0 Å². The third kappa shape index (κ3) is 3.78. The van der Waals surface area contributed by atoms with Gasteiger partial charge in [-0.15, -0.1) is 0 Å². The minimum atomic E-state index is -0.376. The second kappa shape index (κ2) is 7.33. The molecule has 0 bridgehead atoms. The zero-order valence-electron chi connectivity index (χ0n) is 14.3. The number of pyridine rings is 1. The number of nitrogens with zero attached hydrogens (tertiary/aromatic N) is 4. The average molecular weight is 344 g/mol. The highest BCUT2D eigenvalue weighted by molar-refractivity contribution is 5.91. The molecule has 8 heteroatoms. The fourth-order valence-electron chi connectivity index (χ4n) is 2.67. The summed E-state index contributed by atoms with van der Waals surface area (Å²) in [6.07, 6.45) is 1.52. The summed E-state index contributed by atoms with van der Waals surface area (Å²) < 4.78 is 9.98. The van der Waals surface area contributed by atoms with Crippen LogP contribution in [0.25, 0.3) is 0 Å². The summed E-state index contributed by atoms with van der Waals surface area (Å²) in [6, 6.07) is 5.14. The van der Waals surface area contributed by atoms with Gasteiger partial charge in [-0.05, 0) is 26.0 Å². The number of carbonyl (C=O) groups excluding carboxylic acids is 2. The van der Waals surface area contributed by atoms with E-state index >= 15 is 0 Å². The molecule has 0 saturated carbocycles. The van der Waals surface area contributed by atoms with Gasteiger partial charge in [-0.3, -0.25) is 4.79 Å². The Bertz CT molecular complexity index is 748. The largest absolute Gasteiger partial charge is 0.462 e. The van der Waals surface area contributed by atoms with Crippen molar-refractivity contribution in [2.24, 2.45) is 0 Å². The van der Waals surface area contributed by atoms with E-state index in [1.165, 1.54) is 6.20 Å². The SMILES string of the molecule is CCOC(=O)c1ccc(N2CCN(C(=O)c3cc(C)no3)CC2)nc1. The summed E-state index contributed by atoms with van der Waals surface area (Å²) >= 11 is 0. The number of aromatic nitrogens is 2. The highest BCUT2D eigenvalue weighted by Gasteiger charge is 2.25. The van der Waals surface area contributed by atoms with Gasteiger partial charge in [0, 0.05) is 38.4 Å². The summed E-state index contributed by atoms with van der Waals surface area (Å²) in [4.78, 5) is 32.1. The molecule has 0 unspecified atom stereocenters. The van der Waals surface area contributed by atoms with E-state index in [4.69, 9.17) is 9.26 Å². The minimum Gasteiger partial charge on any atom is -0.462 e. The van der Waals surface area contributed by atoms with Gasteiger partial charge in [0.2, 0.25) is 5.76 Å². The fraction of sp³-hybridized carbons (Fsp3) is 0.412. The van der Waals surface area contributed by atoms with Gasteiger partial charge in [0.25, 0.3) is 5.91 Å². The van der Waals surface area contributed by atoms with Crippen LogP contribution in [0.1, 0.15) is 33.5 Å². The van der Waals surface area contributed by atoms with Gasteiger partial charge in [0.1, 0.15) is 5.82 Å². The number of piperazine rings is 1. The highest BCUT2D eigenvalue weighted by Crippen LogP contribution is 2.16. The number of hydrogen-bond acceptors (Lipinski definition) is 7. The lowest BCUT2D eigenvalue weighted by Gasteiger charge is -2.34. The van der Waals surface area contributed by atoms with Crippen molar-refractivity contribution in [3.8, 4) is 0 Å². The van der Waals surface area contributed by atoms with Crippen LogP contribution in [0.15, 0.2) is 28.9 Å². The van der Waals surface area contributed by atoms with Crippen LogP contribution in [0.4, 0.5) is 5.82 Å². The van der Waals surface area contributed by atoms with Gasteiger partial charge in [0.05, 0.1) is 17.9 Å². The molecule has 3 heterocycles. The number of carbonyl (C=O) groups is 2. The number of anilines is 1. The van der Waals surface area contributed by atoms with E-state index in [9.17, 15) is 9.59 Å². The summed E-state index contributed by atoms with van der Waals surface area (Å²) in [5.74, 6) is 0.517. The van der Waals surface area contributed by atoms with Crippen molar-refractivity contribution < 1.29 is 18.8 Å². The van der Waals surface area contributed by atoms with Crippen LogP contribution < -0.4 is 4.90 Å². The first-order valence-electron chi connectivity index (χ1n) is 8.19. The molecule has 1 fully saturated rings. The second-order valence-electron chi connectivity index (χ2n) is 5.74. The molecule has 1 aliphatic rings. The number of esters is 1. The summed E-state index contributed by atoms with van der Waals surface area (Å²) in [6.45, 7) is 6.33. The fourth-order valence-corrected chi connectivity index (χ4v) is 2.67. The Morgan fingerprint density at radius 2 is 2.00 bits per heavy atom. The maximum absolute atomic E-state index is 12.3. The summed E-state index contributed by atoms with van der Waals surface area (Å²) in [7, 11) is 0. The molecular formula is C17H20N4O4. The maximum Gasteiger partial charge on any atom is 0.339 e. The molecule has 0 N–H and O–H groups in total. The number of amides is 1. The monoisotopic (exact) mass is 344 g/mol. The molecule has 0 aromatic carbocycles. The molecule has 0 aliphatic carbocycles. The molecule has 0 radical (unpaired) electrons.